The molecule has 1 saturated heterocycles. The summed E-state index contributed by atoms with van der Waals surface area (Å²) >= 11 is 1.45. The van der Waals surface area contributed by atoms with Crippen molar-refractivity contribution in [1.29, 1.82) is 0 Å². The Morgan fingerprint density at radius 3 is 3.12 bits per heavy atom. The molecule has 6 heteroatoms. The molecule has 0 bridgehead atoms. The average molecular weight is 356 g/mol. The number of aromatic nitrogens is 1. The zero-order valence-electron chi connectivity index (χ0n) is 14.0. The molecule has 4 rings (SSSR count). The number of ether oxygens (including phenoxy) is 2. The fourth-order valence-electron chi connectivity index (χ4n) is 3.11. The van der Waals surface area contributed by atoms with Gasteiger partial charge in [-0.15, -0.1) is 0 Å². The van der Waals surface area contributed by atoms with Crippen LogP contribution in [0.2, 0.25) is 0 Å². The van der Waals surface area contributed by atoms with Gasteiger partial charge in [-0.2, -0.15) is 0 Å². The highest BCUT2D eigenvalue weighted by Gasteiger charge is 2.37. The van der Waals surface area contributed by atoms with E-state index in [0.717, 1.165) is 22.4 Å². The SMILES string of the molecule is CCCOc1ccc2nc(NC(=O)[C@H]3C[C@H]4C=CC=C[C@@H]4O3)sc2c1. The standard InChI is InChI=1S/C19H20N2O3S/c1-2-9-23-13-7-8-14-17(11-13)25-19(20-14)21-18(22)16-10-12-5-3-4-6-15(12)24-16/h3-8,11-12,15-16H,2,9-10H2,1H3,(H,20,21,22)/t12-,15+,16-/m1/s1. The number of anilines is 1. The molecular weight excluding hydrogens is 336 g/mol. The monoisotopic (exact) mass is 356 g/mol. The number of nitrogens with zero attached hydrogens (tertiary/aromatic N) is 1. The molecule has 0 spiro atoms. The Hall–Kier alpha value is -2.18. The molecule has 25 heavy (non-hydrogen) atoms. The van der Waals surface area contributed by atoms with Crippen LogP contribution in [0, 0.1) is 5.92 Å². The molecule has 1 amide bonds. The lowest BCUT2D eigenvalue weighted by molar-refractivity contribution is -0.125. The molecule has 1 aliphatic heterocycles. The maximum atomic E-state index is 12.5. The number of thiazole rings is 1. The molecule has 0 saturated carbocycles. The Balaban J connectivity index is 1.44. The largest absolute Gasteiger partial charge is 0.494 e. The van der Waals surface area contributed by atoms with E-state index in [-0.39, 0.29) is 17.9 Å². The quantitative estimate of drug-likeness (QED) is 0.882. The lowest BCUT2D eigenvalue weighted by atomic mass is 9.95. The van der Waals surface area contributed by atoms with E-state index in [1.54, 1.807) is 0 Å². The fraction of sp³-hybridized carbons (Fsp3) is 0.368. The number of amides is 1. The predicted molar refractivity (Wildman–Crippen MR) is 99.1 cm³/mol. The molecule has 2 aliphatic rings. The number of nitrogens with one attached hydrogen (secondary N) is 1. The van der Waals surface area contributed by atoms with Crippen molar-refractivity contribution in [2.45, 2.75) is 32.0 Å². The van der Waals surface area contributed by atoms with Gasteiger partial charge < -0.3 is 9.47 Å². The molecule has 0 unspecified atom stereocenters. The van der Waals surface area contributed by atoms with Gasteiger partial charge in [-0.05, 0) is 31.0 Å². The van der Waals surface area contributed by atoms with Crippen LogP contribution in [0.1, 0.15) is 19.8 Å². The first-order valence-electron chi connectivity index (χ1n) is 8.57. The lowest BCUT2D eigenvalue weighted by Crippen LogP contribution is -2.27. The van der Waals surface area contributed by atoms with Crippen LogP contribution in [-0.2, 0) is 9.53 Å². The number of carbonyl (C=O) groups is 1. The van der Waals surface area contributed by atoms with Crippen LogP contribution in [0.4, 0.5) is 5.13 Å². The first-order chi connectivity index (χ1) is 12.2. The third kappa shape index (κ3) is 3.45. The van der Waals surface area contributed by atoms with Crippen LogP contribution in [0.25, 0.3) is 10.2 Å². The van der Waals surface area contributed by atoms with Gasteiger partial charge in [0.25, 0.3) is 5.91 Å². The fourth-order valence-corrected chi connectivity index (χ4v) is 4.00. The Bertz CT molecular complexity index is 822. The number of hydrogen-bond acceptors (Lipinski definition) is 5. The summed E-state index contributed by atoms with van der Waals surface area (Å²) in [6.45, 7) is 2.77. The zero-order chi connectivity index (χ0) is 17.2. The van der Waals surface area contributed by atoms with E-state index in [2.05, 4.69) is 23.3 Å². The summed E-state index contributed by atoms with van der Waals surface area (Å²) in [7, 11) is 0. The van der Waals surface area contributed by atoms with Crippen LogP contribution in [-0.4, -0.2) is 29.7 Å². The number of allylic oxidation sites excluding steroid dienone is 2. The summed E-state index contributed by atoms with van der Waals surface area (Å²) < 4.78 is 12.5. The van der Waals surface area contributed by atoms with E-state index in [4.69, 9.17) is 9.47 Å². The minimum atomic E-state index is -0.433. The Kier molecular flexibility index (Phi) is 4.55. The Morgan fingerprint density at radius 1 is 1.40 bits per heavy atom. The zero-order valence-corrected chi connectivity index (χ0v) is 14.8. The van der Waals surface area contributed by atoms with Crippen molar-refractivity contribution in [3.05, 3.63) is 42.5 Å². The summed E-state index contributed by atoms with van der Waals surface area (Å²) in [4.78, 5) is 17.0. The Morgan fingerprint density at radius 2 is 2.28 bits per heavy atom. The molecule has 1 aliphatic carbocycles. The number of benzene rings is 1. The van der Waals surface area contributed by atoms with Gasteiger partial charge in [0.15, 0.2) is 5.13 Å². The third-order valence-corrected chi connectivity index (χ3v) is 5.29. The number of rotatable bonds is 5. The van der Waals surface area contributed by atoms with Crippen LogP contribution >= 0.6 is 11.3 Å². The van der Waals surface area contributed by atoms with Gasteiger partial charge in [-0.25, -0.2) is 4.98 Å². The molecule has 1 fully saturated rings. The minimum Gasteiger partial charge on any atom is -0.494 e. The van der Waals surface area contributed by atoms with Crippen LogP contribution in [0.15, 0.2) is 42.5 Å². The maximum absolute atomic E-state index is 12.5. The van der Waals surface area contributed by atoms with E-state index in [0.29, 0.717) is 18.2 Å². The highest BCUT2D eigenvalue weighted by atomic mass is 32.1. The second kappa shape index (κ2) is 6.98. The normalized spacial score (nSPS) is 24.4. The number of hydrogen-bond donors (Lipinski definition) is 1. The number of carbonyl (C=O) groups excluding carboxylic acids is 1. The van der Waals surface area contributed by atoms with Crippen LogP contribution in [0.3, 0.4) is 0 Å². The molecule has 3 atom stereocenters. The molecular formula is C19H20N2O3S. The van der Waals surface area contributed by atoms with Crippen LogP contribution < -0.4 is 10.1 Å². The van der Waals surface area contributed by atoms with Crippen molar-refractivity contribution in [3.63, 3.8) is 0 Å². The highest BCUT2D eigenvalue weighted by molar-refractivity contribution is 7.22. The highest BCUT2D eigenvalue weighted by Crippen LogP contribution is 2.33. The summed E-state index contributed by atoms with van der Waals surface area (Å²) in [5, 5.41) is 3.49. The van der Waals surface area contributed by atoms with Gasteiger partial charge in [0.1, 0.15) is 11.9 Å². The van der Waals surface area contributed by atoms with Gasteiger partial charge in [0.2, 0.25) is 0 Å². The maximum Gasteiger partial charge on any atom is 0.255 e. The molecule has 1 aromatic carbocycles. The van der Waals surface area contributed by atoms with Gasteiger partial charge in [0, 0.05) is 5.92 Å². The number of fused-ring (bicyclic) bond motifs is 2. The second-order valence-electron chi connectivity index (χ2n) is 6.24. The molecule has 5 nitrogen and oxygen atoms in total. The topological polar surface area (TPSA) is 60.5 Å². The first kappa shape index (κ1) is 16.3. The van der Waals surface area contributed by atoms with Crippen molar-refractivity contribution < 1.29 is 14.3 Å². The van der Waals surface area contributed by atoms with E-state index < -0.39 is 6.10 Å². The third-order valence-electron chi connectivity index (χ3n) is 4.36. The molecule has 2 aromatic rings. The van der Waals surface area contributed by atoms with Crippen molar-refractivity contribution >= 4 is 32.6 Å². The first-order valence-corrected chi connectivity index (χ1v) is 9.39. The summed E-state index contributed by atoms with van der Waals surface area (Å²) in [5.74, 6) is 0.991. The summed E-state index contributed by atoms with van der Waals surface area (Å²) in [6.07, 6.45) is 9.34. The van der Waals surface area contributed by atoms with Crippen molar-refractivity contribution in [2.24, 2.45) is 5.92 Å². The molecule has 2 heterocycles. The van der Waals surface area contributed by atoms with Gasteiger partial charge in [-0.1, -0.05) is 42.6 Å². The smallest absolute Gasteiger partial charge is 0.255 e. The molecule has 1 aromatic heterocycles. The van der Waals surface area contributed by atoms with Crippen LogP contribution in [0.5, 0.6) is 5.75 Å². The van der Waals surface area contributed by atoms with Crippen molar-refractivity contribution in [3.8, 4) is 5.75 Å². The molecule has 1 N–H and O–H groups in total. The predicted octanol–water partition coefficient (Wildman–Crippen LogP) is 3.92. The molecule has 0 radical (unpaired) electrons. The summed E-state index contributed by atoms with van der Waals surface area (Å²) in [5.41, 5.74) is 0.857. The van der Waals surface area contributed by atoms with Crippen molar-refractivity contribution in [2.75, 3.05) is 11.9 Å². The lowest BCUT2D eigenvalue weighted by Gasteiger charge is -2.13. The summed E-state index contributed by atoms with van der Waals surface area (Å²) in [6, 6.07) is 5.80. The van der Waals surface area contributed by atoms with Gasteiger partial charge in [0.05, 0.1) is 22.9 Å². The van der Waals surface area contributed by atoms with E-state index in [9.17, 15) is 4.79 Å². The second-order valence-corrected chi connectivity index (χ2v) is 7.28. The van der Waals surface area contributed by atoms with Gasteiger partial charge in [-0.3, -0.25) is 10.1 Å². The average Bonchev–Trinajstić information content (AvgIpc) is 3.22. The van der Waals surface area contributed by atoms with Crippen molar-refractivity contribution in [1.82, 2.24) is 4.98 Å². The van der Waals surface area contributed by atoms with E-state index >= 15 is 0 Å². The van der Waals surface area contributed by atoms with E-state index in [1.165, 1.54) is 11.3 Å². The van der Waals surface area contributed by atoms with Gasteiger partial charge >= 0.3 is 0 Å². The minimum absolute atomic E-state index is 0.00869. The molecule has 130 valence electrons. The van der Waals surface area contributed by atoms with E-state index in [1.807, 2.05) is 36.4 Å². The Labute approximate surface area is 150 Å².